The molecule has 1 aliphatic carbocycles. The zero-order chi connectivity index (χ0) is 14.6. The summed E-state index contributed by atoms with van der Waals surface area (Å²) in [5.74, 6) is -1.04. The van der Waals surface area contributed by atoms with E-state index in [1.807, 2.05) is 0 Å². The summed E-state index contributed by atoms with van der Waals surface area (Å²) < 4.78 is 5.42. The van der Waals surface area contributed by atoms with Gasteiger partial charge in [0.2, 0.25) is 0 Å². The lowest BCUT2D eigenvalue weighted by molar-refractivity contribution is -0.140. The average Bonchev–Trinajstić information content (AvgIpc) is 2.83. The van der Waals surface area contributed by atoms with Crippen LogP contribution in [0, 0.1) is 5.41 Å². The van der Waals surface area contributed by atoms with Crippen molar-refractivity contribution in [3.63, 3.8) is 0 Å². The van der Waals surface area contributed by atoms with Crippen LogP contribution in [-0.4, -0.2) is 23.5 Å². The third-order valence-electron chi connectivity index (χ3n) is 3.93. The van der Waals surface area contributed by atoms with Gasteiger partial charge in [-0.3, -0.25) is 9.59 Å². The first-order chi connectivity index (χ1) is 9.52. The summed E-state index contributed by atoms with van der Waals surface area (Å²) >= 11 is 3.16. The smallest absolute Gasteiger partial charge is 0.303 e. The second-order valence-electron chi connectivity index (χ2n) is 5.42. The second kappa shape index (κ2) is 6.43. The van der Waals surface area contributed by atoms with Crippen LogP contribution in [-0.2, 0) is 4.79 Å². The molecule has 1 fully saturated rings. The van der Waals surface area contributed by atoms with E-state index in [1.165, 1.54) is 6.26 Å². The second-order valence-corrected chi connectivity index (χ2v) is 6.14. The number of carbonyl (C=O) groups is 2. The predicted octanol–water partition coefficient (Wildman–Crippen LogP) is 3.20. The number of nitrogens with one attached hydrogen (secondary N) is 1. The number of hydrogen-bond acceptors (Lipinski definition) is 3. The van der Waals surface area contributed by atoms with Crippen molar-refractivity contribution >= 4 is 27.8 Å². The van der Waals surface area contributed by atoms with Gasteiger partial charge in [0.1, 0.15) is 0 Å². The molecule has 1 aromatic rings. The number of rotatable bonds is 5. The Balaban J connectivity index is 2.00. The maximum absolute atomic E-state index is 12.0. The molecule has 0 atom stereocenters. The van der Waals surface area contributed by atoms with Crippen LogP contribution in [0.5, 0.6) is 0 Å². The molecule has 1 amide bonds. The summed E-state index contributed by atoms with van der Waals surface area (Å²) in [6.45, 7) is 0.399. The maximum Gasteiger partial charge on any atom is 0.303 e. The van der Waals surface area contributed by atoms with Gasteiger partial charge in [0.05, 0.1) is 18.2 Å². The SMILES string of the molecule is O=C(O)CC1(CNC(=O)c2ccoc2Br)CCCCC1. The van der Waals surface area contributed by atoms with Crippen LogP contribution in [0.15, 0.2) is 21.4 Å². The molecule has 0 aliphatic heterocycles. The normalized spacial score (nSPS) is 17.6. The van der Waals surface area contributed by atoms with Crippen molar-refractivity contribution < 1.29 is 19.1 Å². The number of amides is 1. The molecule has 0 bridgehead atoms. The largest absolute Gasteiger partial charge is 0.481 e. The van der Waals surface area contributed by atoms with E-state index < -0.39 is 5.97 Å². The predicted molar refractivity (Wildman–Crippen MR) is 76.5 cm³/mol. The van der Waals surface area contributed by atoms with Gasteiger partial charge in [-0.25, -0.2) is 0 Å². The Morgan fingerprint density at radius 2 is 2.05 bits per heavy atom. The fourth-order valence-electron chi connectivity index (χ4n) is 2.86. The highest BCUT2D eigenvalue weighted by molar-refractivity contribution is 9.10. The topological polar surface area (TPSA) is 79.5 Å². The van der Waals surface area contributed by atoms with Gasteiger partial charge < -0.3 is 14.8 Å². The van der Waals surface area contributed by atoms with Gasteiger partial charge >= 0.3 is 5.97 Å². The van der Waals surface area contributed by atoms with Crippen molar-refractivity contribution in [3.8, 4) is 0 Å². The molecule has 0 unspecified atom stereocenters. The lowest BCUT2D eigenvalue weighted by Crippen LogP contribution is -2.40. The molecular weight excluding hydrogens is 326 g/mol. The molecule has 1 heterocycles. The van der Waals surface area contributed by atoms with E-state index in [9.17, 15) is 9.59 Å². The van der Waals surface area contributed by atoms with Crippen LogP contribution in [0.25, 0.3) is 0 Å². The van der Waals surface area contributed by atoms with Crippen LogP contribution >= 0.6 is 15.9 Å². The van der Waals surface area contributed by atoms with Gasteiger partial charge in [0.15, 0.2) is 4.67 Å². The van der Waals surface area contributed by atoms with Gasteiger partial charge in [0, 0.05) is 6.54 Å². The molecule has 0 aromatic carbocycles. The Hall–Kier alpha value is -1.30. The van der Waals surface area contributed by atoms with Crippen LogP contribution < -0.4 is 5.32 Å². The van der Waals surface area contributed by atoms with Crippen LogP contribution in [0.4, 0.5) is 0 Å². The highest BCUT2D eigenvalue weighted by Gasteiger charge is 2.35. The zero-order valence-corrected chi connectivity index (χ0v) is 12.7. The third-order valence-corrected chi connectivity index (χ3v) is 4.54. The van der Waals surface area contributed by atoms with E-state index in [2.05, 4.69) is 21.2 Å². The number of carboxylic acid groups (broad SMARTS) is 1. The van der Waals surface area contributed by atoms with E-state index in [0.717, 1.165) is 32.1 Å². The summed E-state index contributed by atoms with van der Waals surface area (Å²) in [7, 11) is 0. The van der Waals surface area contributed by atoms with Gasteiger partial charge in [0.25, 0.3) is 5.91 Å². The molecule has 0 radical (unpaired) electrons. The molecule has 0 saturated heterocycles. The molecule has 2 N–H and O–H groups in total. The minimum Gasteiger partial charge on any atom is -0.481 e. The Labute approximate surface area is 125 Å². The molecular formula is C14H18BrNO4. The number of carboxylic acids is 1. The molecule has 2 rings (SSSR count). The van der Waals surface area contributed by atoms with Crippen molar-refractivity contribution in [2.24, 2.45) is 5.41 Å². The summed E-state index contributed by atoms with van der Waals surface area (Å²) in [6, 6.07) is 1.59. The molecule has 1 aromatic heterocycles. The Bertz CT molecular complexity index is 491. The Kier molecular flexibility index (Phi) is 4.86. The first-order valence-corrected chi connectivity index (χ1v) is 7.55. The Morgan fingerprint density at radius 3 is 2.60 bits per heavy atom. The van der Waals surface area contributed by atoms with Crippen molar-refractivity contribution in [2.45, 2.75) is 38.5 Å². The van der Waals surface area contributed by atoms with Gasteiger partial charge in [-0.2, -0.15) is 0 Å². The monoisotopic (exact) mass is 343 g/mol. The molecule has 0 spiro atoms. The minimum atomic E-state index is -0.800. The molecule has 110 valence electrons. The third kappa shape index (κ3) is 3.62. The highest BCUT2D eigenvalue weighted by Crippen LogP contribution is 2.38. The lowest BCUT2D eigenvalue weighted by atomic mass is 9.71. The fourth-order valence-corrected chi connectivity index (χ4v) is 3.28. The average molecular weight is 344 g/mol. The van der Waals surface area contributed by atoms with Crippen LogP contribution in [0.3, 0.4) is 0 Å². The zero-order valence-electron chi connectivity index (χ0n) is 11.2. The van der Waals surface area contributed by atoms with Crippen LogP contribution in [0.2, 0.25) is 0 Å². The van der Waals surface area contributed by atoms with Gasteiger partial charge in [-0.05, 0) is 40.3 Å². The highest BCUT2D eigenvalue weighted by atomic mass is 79.9. The van der Waals surface area contributed by atoms with Crippen molar-refractivity contribution in [1.29, 1.82) is 0 Å². The lowest BCUT2D eigenvalue weighted by Gasteiger charge is -2.36. The minimum absolute atomic E-state index is 0.111. The number of carbonyl (C=O) groups excluding carboxylic acids is 1. The summed E-state index contributed by atoms with van der Waals surface area (Å²) in [4.78, 5) is 23.1. The summed E-state index contributed by atoms with van der Waals surface area (Å²) in [5, 5.41) is 11.9. The number of hydrogen-bond donors (Lipinski definition) is 2. The van der Waals surface area contributed by atoms with E-state index >= 15 is 0 Å². The number of furan rings is 1. The molecule has 5 nitrogen and oxygen atoms in total. The standard InChI is InChI=1S/C14H18BrNO4/c15-12-10(4-7-20-12)13(19)16-9-14(8-11(17)18)5-2-1-3-6-14/h4,7H,1-3,5-6,8-9H2,(H,16,19)(H,17,18). The number of halogens is 1. The van der Waals surface area contributed by atoms with Crippen LogP contribution in [0.1, 0.15) is 48.9 Å². The first-order valence-electron chi connectivity index (χ1n) is 6.75. The number of aliphatic carboxylic acids is 1. The molecule has 1 aliphatic rings. The van der Waals surface area contributed by atoms with E-state index in [4.69, 9.17) is 9.52 Å². The van der Waals surface area contributed by atoms with Gasteiger partial charge in [-0.15, -0.1) is 0 Å². The quantitative estimate of drug-likeness (QED) is 0.860. The van der Waals surface area contributed by atoms with E-state index in [1.54, 1.807) is 6.07 Å². The summed E-state index contributed by atoms with van der Waals surface area (Å²) in [5.41, 5.74) is 0.127. The molecule has 20 heavy (non-hydrogen) atoms. The molecule has 6 heteroatoms. The first kappa shape index (κ1) is 15.1. The molecule has 1 saturated carbocycles. The van der Waals surface area contributed by atoms with Crippen molar-refractivity contribution in [3.05, 3.63) is 22.6 Å². The van der Waals surface area contributed by atoms with Crippen molar-refractivity contribution in [1.82, 2.24) is 5.32 Å². The van der Waals surface area contributed by atoms with Gasteiger partial charge in [-0.1, -0.05) is 19.3 Å². The van der Waals surface area contributed by atoms with E-state index in [0.29, 0.717) is 16.8 Å². The maximum atomic E-state index is 12.0. The summed E-state index contributed by atoms with van der Waals surface area (Å²) in [6.07, 6.45) is 6.45. The van der Waals surface area contributed by atoms with E-state index in [-0.39, 0.29) is 17.7 Å². The fraction of sp³-hybridized carbons (Fsp3) is 0.571. The van der Waals surface area contributed by atoms with Crippen molar-refractivity contribution in [2.75, 3.05) is 6.54 Å². The Morgan fingerprint density at radius 1 is 1.35 bits per heavy atom.